The first kappa shape index (κ1) is 16.2. The number of carbonyl (C=O) groups excluding carboxylic acids is 2. The molecule has 4 nitrogen and oxygen atoms in total. The third kappa shape index (κ3) is 3.65. The Morgan fingerprint density at radius 3 is 2.50 bits per heavy atom. The van der Waals surface area contributed by atoms with Crippen LogP contribution in [0.5, 0.6) is 0 Å². The summed E-state index contributed by atoms with van der Waals surface area (Å²) in [6.45, 7) is 3.65. The number of nitrogens with one attached hydrogen (secondary N) is 2. The van der Waals surface area contributed by atoms with Gasteiger partial charge in [-0.1, -0.05) is 43.3 Å². The van der Waals surface area contributed by atoms with E-state index in [9.17, 15) is 9.59 Å². The first-order valence-electron chi connectivity index (χ1n) is 8.26. The second-order valence-corrected chi connectivity index (χ2v) is 6.48. The fraction of sp³-hybridized carbons (Fsp3) is 0.300. The van der Waals surface area contributed by atoms with Gasteiger partial charge in [0.2, 0.25) is 11.8 Å². The number of fused-ring (bicyclic) bond motifs is 1. The van der Waals surface area contributed by atoms with Crippen LogP contribution in [0.4, 0.5) is 5.69 Å². The Bertz CT molecular complexity index is 752. The Morgan fingerprint density at radius 1 is 1.08 bits per heavy atom. The van der Waals surface area contributed by atoms with Crippen LogP contribution in [0.1, 0.15) is 36.6 Å². The third-order valence-corrected chi connectivity index (χ3v) is 4.46. The van der Waals surface area contributed by atoms with Crippen molar-refractivity contribution in [3.05, 3.63) is 65.2 Å². The van der Waals surface area contributed by atoms with E-state index in [2.05, 4.69) is 29.7 Å². The van der Waals surface area contributed by atoms with Gasteiger partial charge in [0.05, 0.1) is 12.5 Å². The van der Waals surface area contributed by atoms with Gasteiger partial charge in [0.15, 0.2) is 0 Å². The van der Waals surface area contributed by atoms with Crippen LogP contribution in [-0.2, 0) is 22.4 Å². The van der Waals surface area contributed by atoms with Crippen molar-refractivity contribution in [3.63, 3.8) is 0 Å². The summed E-state index contributed by atoms with van der Waals surface area (Å²) in [5.41, 5.74) is 4.24. The number of amides is 2. The van der Waals surface area contributed by atoms with E-state index >= 15 is 0 Å². The average Bonchev–Trinajstić information content (AvgIpc) is 2.85. The molecule has 2 aromatic rings. The molecule has 1 aliphatic carbocycles. The Labute approximate surface area is 142 Å². The highest BCUT2D eigenvalue weighted by Crippen LogP contribution is 2.35. The standard InChI is InChI=1S/C20H22N2O2/c1-13-11-16-5-3-4-6-18(16)20(13)22-19(24)12-15-7-9-17(10-8-15)21-14(2)23/h3-10,13,20H,11-12H2,1-2H3,(H,21,23)(H,22,24). The maximum atomic E-state index is 12.4. The van der Waals surface area contributed by atoms with Crippen molar-refractivity contribution >= 4 is 17.5 Å². The maximum absolute atomic E-state index is 12.4. The number of hydrogen-bond acceptors (Lipinski definition) is 2. The fourth-order valence-corrected chi connectivity index (χ4v) is 3.33. The van der Waals surface area contributed by atoms with E-state index in [1.807, 2.05) is 36.4 Å². The lowest BCUT2D eigenvalue weighted by atomic mass is 10.0. The zero-order valence-corrected chi connectivity index (χ0v) is 14.0. The van der Waals surface area contributed by atoms with Gasteiger partial charge in [-0.15, -0.1) is 0 Å². The summed E-state index contributed by atoms with van der Waals surface area (Å²) in [5, 5.41) is 5.89. The minimum atomic E-state index is -0.102. The van der Waals surface area contributed by atoms with Crippen molar-refractivity contribution in [1.82, 2.24) is 5.32 Å². The first-order chi connectivity index (χ1) is 11.5. The molecule has 2 unspecified atom stereocenters. The van der Waals surface area contributed by atoms with E-state index in [1.165, 1.54) is 18.1 Å². The summed E-state index contributed by atoms with van der Waals surface area (Å²) in [5.74, 6) is 0.332. The molecule has 0 saturated carbocycles. The molecule has 0 heterocycles. The van der Waals surface area contributed by atoms with Gasteiger partial charge in [-0.05, 0) is 41.2 Å². The van der Waals surface area contributed by atoms with Gasteiger partial charge in [0.1, 0.15) is 0 Å². The molecule has 3 rings (SSSR count). The molecule has 0 aliphatic heterocycles. The van der Waals surface area contributed by atoms with E-state index in [4.69, 9.17) is 0 Å². The number of carbonyl (C=O) groups is 2. The summed E-state index contributed by atoms with van der Waals surface area (Å²) in [6.07, 6.45) is 1.35. The van der Waals surface area contributed by atoms with Crippen LogP contribution in [-0.4, -0.2) is 11.8 Å². The molecule has 124 valence electrons. The summed E-state index contributed by atoms with van der Waals surface area (Å²) >= 11 is 0. The largest absolute Gasteiger partial charge is 0.349 e. The fourth-order valence-electron chi connectivity index (χ4n) is 3.33. The Kier molecular flexibility index (Phi) is 4.65. The lowest BCUT2D eigenvalue weighted by molar-refractivity contribution is -0.121. The van der Waals surface area contributed by atoms with Gasteiger partial charge in [-0.2, -0.15) is 0 Å². The van der Waals surface area contributed by atoms with E-state index in [0.29, 0.717) is 12.3 Å². The summed E-state index contributed by atoms with van der Waals surface area (Å²) in [4.78, 5) is 23.4. The highest BCUT2D eigenvalue weighted by atomic mass is 16.2. The van der Waals surface area contributed by atoms with Crippen molar-refractivity contribution in [2.24, 2.45) is 5.92 Å². The van der Waals surface area contributed by atoms with Crippen molar-refractivity contribution < 1.29 is 9.59 Å². The van der Waals surface area contributed by atoms with E-state index < -0.39 is 0 Å². The van der Waals surface area contributed by atoms with Gasteiger partial charge in [0.25, 0.3) is 0 Å². The third-order valence-electron chi connectivity index (χ3n) is 4.46. The Balaban J connectivity index is 1.63. The van der Waals surface area contributed by atoms with Crippen LogP contribution >= 0.6 is 0 Å². The van der Waals surface area contributed by atoms with Gasteiger partial charge >= 0.3 is 0 Å². The number of rotatable bonds is 4. The molecule has 24 heavy (non-hydrogen) atoms. The molecule has 4 heteroatoms. The van der Waals surface area contributed by atoms with Crippen molar-refractivity contribution in [1.29, 1.82) is 0 Å². The van der Waals surface area contributed by atoms with Crippen LogP contribution in [0.2, 0.25) is 0 Å². The molecule has 2 N–H and O–H groups in total. The number of hydrogen-bond donors (Lipinski definition) is 2. The van der Waals surface area contributed by atoms with Crippen molar-refractivity contribution in [2.75, 3.05) is 5.32 Å². The van der Waals surface area contributed by atoms with Gasteiger partial charge < -0.3 is 10.6 Å². The lowest BCUT2D eigenvalue weighted by Crippen LogP contribution is -2.31. The quantitative estimate of drug-likeness (QED) is 0.908. The molecule has 0 radical (unpaired) electrons. The van der Waals surface area contributed by atoms with Gasteiger partial charge in [-0.3, -0.25) is 9.59 Å². The van der Waals surface area contributed by atoms with Crippen molar-refractivity contribution in [3.8, 4) is 0 Å². The van der Waals surface area contributed by atoms with E-state index in [0.717, 1.165) is 17.7 Å². The van der Waals surface area contributed by atoms with E-state index in [-0.39, 0.29) is 17.9 Å². The molecule has 2 atom stereocenters. The molecule has 0 aromatic heterocycles. The summed E-state index contributed by atoms with van der Waals surface area (Å²) in [6, 6.07) is 15.8. The zero-order valence-electron chi connectivity index (χ0n) is 14.0. The molecular formula is C20H22N2O2. The maximum Gasteiger partial charge on any atom is 0.224 e. The molecule has 2 aromatic carbocycles. The van der Waals surface area contributed by atoms with Crippen LogP contribution in [0, 0.1) is 5.92 Å². The Morgan fingerprint density at radius 2 is 1.79 bits per heavy atom. The number of benzene rings is 2. The second kappa shape index (κ2) is 6.87. The van der Waals surface area contributed by atoms with E-state index in [1.54, 1.807) is 0 Å². The average molecular weight is 322 g/mol. The smallest absolute Gasteiger partial charge is 0.224 e. The zero-order chi connectivity index (χ0) is 17.1. The molecule has 0 saturated heterocycles. The molecular weight excluding hydrogens is 300 g/mol. The second-order valence-electron chi connectivity index (χ2n) is 6.48. The molecule has 0 spiro atoms. The lowest BCUT2D eigenvalue weighted by Gasteiger charge is -2.19. The van der Waals surface area contributed by atoms with Crippen molar-refractivity contribution in [2.45, 2.75) is 32.7 Å². The summed E-state index contributed by atoms with van der Waals surface area (Å²) in [7, 11) is 0. The molecule has 2 amide bonds. The van der Waals surface area contributed by atoms with Crippen LogP contribution < -0.4 is 10.6 Å². The van der Waals surface area contributed by atoms with Crippen LogP contribution in [0.3, 0.4) is 0 Å². The minimum absolute atomic E-state index is 0.0239. The van der Waals surface area contributed by atoms with Gasteiger partial charge in [0, 0.05) is 12.6 Å². The van der Waals surface area contributed by atoms with Gasteiger partial charge in [-0.25, -0.2) is 0 Å². The topological polar surface area (TPSA) is 58.2 Å². The number of anilines is 1. The molecule has 0 fully saturated rings. The first-order valence-corrected chi connectivity index (χ1v) is 8.26. The monoisotopic (exact) mass is 322 g/mol. The van der Waals surface area contributed by atoms with Crippen LogP contribution in [0.15, 0.2) is 48.5 Å². The minimum Gasteiger partial charge on any atom is -0.349 e. The molecule has 1 aliphatic rings. The highest BCUT2D eigenvalue weighted by Gasteiger charge is 2.29. The highest BCUT2D eigenvalue weighted by molar-refractivity contribution is 5.88. The normalized spacial score (nSPS) is 18.8. The summed E-state index contributed by atoms with van der Waals surface area (Å²) < 4.78 is 0. The molecule has 0 bridgehead atoms. The Hall–Kier alpha value is -2.62. The van der Waals surface area contributed by atoms with Crippen LogP contribution in [0.25, 0.3) is 0 Å². The predicted octanol–water partition coefficient (Wildman–Crippen LogP) is 3.24. The SMILES string of the molecule is CC(=O)Nc1ccc(CC(=O)NC2c3ccccc3CC2C)cc1. The predicted molar refractivity (Wildman–Crippen MR) is 94.6 cm³/mol.